The Morgan fingerprint density at radius 2 is 1.69 bits per heavy atom. The fourth-order valence-corrected chi connectivity index (χ4v) is 4.59. The summed E-state index contributed by atoms with van der Waals surface area (Å²) in [6.45, 7) is 0.0924. The standard InChI is InChI=1S/C28H26N2O5S/c1-34-23-16-8-13-21(26(23)35-19-25(31)29-22-14-6-3-7-15-22)18-24-27(32)30(28(33)36-24)17-9-12-20-10-4-2-5-11-20/h2-8,10-11,13-16,18H,9,12,17,19H2,1H3,(H,29,31)/b24-18+. The zero-order valence-corrected chi connectivity index (χ0v) is 20.6. The third-order valence-corrected chi connectivity index (χ3v) is 6.39. The number of carbonyl (C=O) groups excluding carboxylic acids is 3. The van der Waals surface area contributed by atoms with Crippen molar-refractivity contribution < 1.29 is 23.9 Å². The average Bonchev–Trinajstić information content (AvgIpc) is 3.16. The highest BCUT2D eigenvalue weighted by atomic mass is 32.2. The van der Waals surface area contributed by atoms with Crippen LogP contribution in [0, 0.1) is 0 Å². The molecule has 0 spiro atoms. The number of aryl methyl sites for hydroxylation is 1. The summed E-state index contributed by atoms with van der Waals surface area (Å²) in [7, 11) is 1.50. The molecule has 36 heavy (non-hydrogen) atoms. The number of carbonyl (C=O) groups is 3. The summed E-state index contributed by atoms with van der Waals surface area (Å²) in [4.78, 5) is 39.5. The molecule has 0 unspecified atom stereocenters. The van der Waals surface area contributed by atoms with Crippen LogP contribution in [0.4, 0.5) is 10.5 Å². The summed E-state index contributed by atoms with van der Waals surface area (Å²) in [5, 5.41) is 2.46. The van der Waals surface area contributed by atoms with Gasteiger partial charge in [0.25, 0.3) is 17.1 Å². The van der Waals surface area contributed by atoms with E-state index in [2.05, 4.69) is 5.32 Å². The zero-order chi connectivity index (χ0) is 25.3. The third kappa shape index (κ3) is 6.34. The highest BCUT2D eigenvalue weighted by Crippen LogP contribution is 2.37. The summed E-state index contributed by atoms with van der Waals surface area (Å²) in [6, 6.07) is 24.2. The molecule has 0 aliphatic carbocycles. The lowest BCUT2D eigenvalue weighted by Gasteiger charge is -2.14. The Morgan fingerprint density at radius 1 is 0.972 bits per heavy atom. The number of rotatable bonds is 10. The molecule has 1 aliphatic heterocycles. The van der Waals surface area contributed by atoms with Crippen LogP contribution in [0.1, 0.15) is 17.5 Å². The van der Waals surface area contributed by atoms with Crippen LogP contribution in [-0.4, -0.2) is 42.2 Å². The van der Waals surface area contributed by atoms with Gasteiger partial charge < -0.3 is 14.8 Å². The molecule has 0 bridgehead atoms. The van der Waals surface area contributed by atoms with Crippen molar-refractivity contribution in [2.45, 2.75) is 12.8 Å². The van der Waals surface area contributed by atoms with Gasteiger partial charge in [0.05, 0.1) is 12.0 Å². The minimum atomic E-state index is -0.339. The molecule has 0 aromatic heterocycles. The normalized spacial score (nSPS) is 14.2. The van der Waals surface area contributed by atoms with E-state index in [0.29, 0.717) is 40.6 Å². The predicted octanol–water partition coefficient (Wildman–Crippen LogP) is 5.38. The first-order valence-electron chi connectivity index (χ1n) is 11.5. The van der Waals surface area contributed by atoms with Gasteiger partial charge in [0.1, 0.15) is 0 Å². The molecule has 3 aromatic carbocycles. The van der Waals surface area contributed by atoms with E-state index >= 15 is 0 Å². The monoisotopic (exact) mass is 502 g/mol. The summed E-state index contributed by atoms with van der Waals surface area (Å²) in [6.07, 6.45) is 3.06. The van der Waals surface area contributed by atoms with Crippen LogP contribution < -0.4 is 14.8 Å². The SMILES string of the molecule is COc1cccc(/C=C2/SC(=O)N(CCCc3ccccc3)C2=O)c1OCC(=O)Nc1ccccc1. The van der Waals surface area contributed by atoms with Crippen molar-refractivity contribution in [3.63, 3.8) is 0 Å². The van der Waals surface area contributed by atoms with Gasteiger partial charge in [-0.25, -0.2) is 0 Å². The van der Waals surface area contributed by atoms with Gasteiger partial charge in [-0.05, 0) is 54.4 Å². The lowest BCUT2D eigenvalue weighted by molar-refractivity contribution is -0.122. The number of thioether (sulfide) groups is 1. The molecular weight excluding hydrogens is 476 g/mol. The first-order chi connectivity index (χ1) is 17.5. The van der Waals surface area contributed by atoms with Crippen molar-refractivity contribution in [2.24, 2.45) is 0 Å². The average molecular weight is 503 g/mol. The Kier molecular flexibility index (Phi) is 8.41. The van der Waals surface area contributed by atoms with Gasteiger partial charge in [-0.2, -0.15) is 0 Å². The topological polar surface area (TPSA) is 84.9 Å². The van der Waals surface area contributed by atoms with Crippen molar-refractivity contribution in [2.75, 3.05) is 25.6 Å². The highest BCUT2D eigenvalue weighted by Gasteiger charge is 2.34. The number of ether oxygens (including phenoxy) is 2. The lowest BCUT2D eigenvalue weighted by atomic mass is 10.1. The number of anilines is 1. The van der Waals surface area contributed by atoms with Crippen LogP contribution in [0.15, 0.2) is 83.8 Å². The van der Waals surface area contributed by atoms with Crippen LogP contribution in [0.2, 0.25) is 0 Å². The van der Waals surface area contributed by atoms with Crippen LogP contribution >= 0.6 is 11.8 Å². The molecule has 7 nitrogen and oxygen atoms in total. The quantitative estimate of drug-likeness (QED) is 0.375. The van der Waals surface area contributed by atoms with Gasteiger partial charge in [-0.15, -0.1) is 0 Å². The Morgan fingerprint density at radius 3 is 2.42 bits per heavy atom. The van der Waals surface area contributed by atoms with E-state index in [0.717, 1.165) is 23.7 Å². The minimum Gasteiger partial charge on any atom is -0.493 e. The van der Waals surface area contributed by atoms with Crippen molar-refractivity contribution in [3.05, 3.63) is 94.9 Å². The van der Waals surface area contributed by atoms with Gasteiger partial charge >= 0.3 is 0 Å². The zero-order valence-electron chi connectivity index (χ0n) is 19.8. The fraction of sp³-hybridized carbons (Fsp3) is 0.179. The first-order valence-corrected chi connectivity index (χ1v) is 12.3. The highest BCUT2D eigenvalue weighted by molar-refractivity contribution is 8.18. The van der Waals surface area contributed by atoms with Crippen molar-refractivity contribution in [1.82, 2.24) is 4.90 Å². The van der Waals surface area contributed by atoms with E-state index in [1.807, 2.05) is 48.5 Å². The Labute approximate surface area is 214 Å². The van der Waals surface area contributed by atoms with Crippen LogP contribution in [0.3, 0.4) is 0 Å². The second-order valence-electron chi connectivity index (χ2n) is 8.00. The van der Waals surface area contributed by atoms with E-state index in [9.17, 15) is 14.4 Å². The molecule has 1 fully saturated rings. The molecule has 0 saturated carbocycles. The Balaban J connectivity index is 1.44. The van der Waals surface area contributed by atoms with Gasteiger partial charge in [0.2, 0.25) is 0 Å². The second-order valence-corrected chi connectivity index (χ2v) is 9.00. The number of hydrogen-bond acceptors (Lipinski definition) is 6. The maximum absolute atomic E-state index is 13.0. The van der Waals surface area contributed by atoms with Gasteiger partial charge in [-0.1, -0.05) is 60.7 Å². The van der Waals surface area contributed by atoms with E-state index in [1.165, 1.54) is 12.0 Å². The summed E-state index contributed by atoms with van der Waals surface area (Å²) < 4.78 is 11.2. The number of nitrogens with zero attached hydrogens (tertiary/aromatic N) is 1. The second kappa shape index (κ2) is 12.1. The number of methoxy groups -OCH3 is 1. The molecule has 3 amide bonds. The third-order valence-electron chi connectivity index (χ3n) is 5.48. The van der Waals surface area contributed by atoms with E-state index in [4.69, 9.17) is 9.47 Å². The number of benzene rings is 3. The summed E-state index contributed by atoms with van der Waals surface area (Å²) >= 11 is 0.894. The summed E-state index contributed by atoms with van der Waals surface area (Å²) in [5.74, 6) is 0.0582. The number of imide groups is 1. The maximum atomic E-state index is 13.0. The number of para-hydroxylation sites is 2. The number of nitrogens with one attached hydrogen (secondary N) is 1. The molecule has 8 heteroatoms. The van der Waals surface area contributed by atoms with Gasteiger partial charge in [-0.3, -0.25) is 19.3 Å². The lowest BCUT2D eigenvalue weighted by Crippen LogP contribution is -2.29. The summed E-state index contributed by atoms with van der Waals surface area (Å²) in [5.41, 5.74) is 2.36. The molecule has 1 aliphatic rings. The molecule has 1 N–H and O–H groups in total. The van der Waals surface area contributed by atoms with Crippen molar-refractivity contribution in [1.29, 1.82) is 0 Å². The molecule has 4 rings (SSSR count). The van der Waals surface area contributed by atoms with Crippen LogP contribution in [0.5, 0.6) is 11.5 Å². The van der Waals surface area contributed by atoms with E-state index in [1.54, 1.807) is 36.4 Å². The van der Waals surface area contributed by atoms with E-state index in [-0.39, 0.29) is 23.7 Å². The minimum absolute atomic E-state index is 0.253. The molecule has 1 heterocycles. The molecular formula is C28H26N2O5S. The molecule has 0 atom stereocenters. The van der Waals surface area contributed by atoms with E-state index < -0.39 is 0 Å². The van der Waals surface area contributed by atoms with Crippen molar-refractivity contribution in [3.8, 4) is 11.5 Å². The smallest absolute Gasteiger partial charge is 0.293 e. The fourth-order valence-electron chi connectivity index (χ4n) is 3.74. The van der Waals surface area contributed by atoms with Gasteiger partial charge in [0, 0.05) is 17.8 Å². The number of hydrogen-bond donors (Lipinski definition) is 1. The largest absolute Gasteiger partial charge is 0.493 e. The Bertz CT molecular complexity index is 1260. The predicted molar refractivity (Wildman–Crippen MR) is 141 cm³/mol. The molecule has 1 saturated heterocycles. The first kappa shape index (κ1) is 25.1. The molecule has 184 valence electrons. The Hall–Kier alpha value is -4.04. The maximum Gasteiger partial charge on any atom is 0.293 e. The van der Waals surface area contributed by atoms with Crippen molar-refractivity contribution >= 4 is 40.6 Å². The number of amides is 3. The molecule has 3 aromatic rings. The van der Waals surface area contributed by atoms with Crippen LogP contribution in [0.25, 0.3) is 6.08 Å². The van der Waals surface area contributed by atoms with Gasteiger partial charge in [0.15, 0.2) is 18.1 Å². The van der Waals surface area contributed by atoms with Crippen LogP contribution in [-0.2, 0) is 16.0 Å². The molecule has 0 radical (unpaired) electrons.